The molecule has 0 aliphatic carbocycles. The number of halogens is 4. The molecular formula is C19H16F4N2O3. The highest BCUT2D eigenvalue weighted by Gasteiger charge is 2.36. The second-order valence-corrected chi connectivity index (χ2v) is 6.70. The van der Waals surface area contributed by atoms with Crippen molar-refractivity contribution >= 4 is 17.1 Å². The Morgan fingerprint density at radius 1 is 1.11 bits per heavy atom. The number of rotatable bonds is 3. The molecule has 2 aromatic carbocycles. The Bertz CT molecular complexity index is 994. The first kappa shape index (κ1) is 18.5. The summed E-state index contributed by atoms with van der Waals surface area (Å²) >= 11 is 0. The minimum absolute atomic E-state index is 0.259. The van der Waals surface area contributed by atoms with E-state index >= 15 is 0 Å². The van der Waals surface area contributed by atoms with Crippen LogP contribution < -0.4 is 9.64 Å². The van der Waals surface area contributed by atoms with Crippen molar-refractivity contribution in [3.8, 4) is 5.75 Å². The van der Waals surface area contributed by atoms with Crippen LogP contribution in [0.25, 0.3) is 11.1 Å². The predicted octanol–water partition coefficient (Wildman–Crippen LogP) is 4.35. The van der Waals surface area contributed by atoms with Gasteiger partial charge in [0.05, 0.1) is 5.60 Å². The van der Waals surface area contributed by atoms with E-state index in [0.717, 1.165) is 0 Å². The van der Waals surface area contributed by atoms with Crippen molar-refractivity contribution in [3.05, 3.63) is 53.8 Å². The second-order valence-electron chi connectivity index (χ2n) is 6.70. The molecule has 1 N–H and O–H groups in total. The summed E-state index contributed by atoms with van der Waals surface area (Å²) < 4.78 is 60.2. The molecule has 4 rings (SSSR count). The van der Waals surface area contributed by atoms with Gasteiger partial charge >= 0.3 is 6.36 Å². The maximum absolute atomic E-state index is 13.3. The molecule has 0 saturated carbocycles. The van der Waals surface area contributed by atoms with E-state index in [1.807, 2.05) is 4.90 Å². The molecule has 2 heterocycles. The molecule has 28 heavy (non-hydrogen) atoms. The topological polar surface area (TPSA) is 58.7 Å². The van der Waals surface area contributed by atoms with Crippen molar-refractivity contribution in [2.75, 3.05) is 18.0 Å². The standard InChI is InChI=1S/C19H16F4N2O3/c20-13-4-5-16-15(11-13)24-17(27-16)25-8-6-18(26,7-9-25)12-2-1-3-14(10-12)28-19(21,22)23/h1-5,10-11,26H,6-9H2. The molecule has 1 saturated heterocycles. The monoisotopic (exact) mass is 396 g/mol. The van der Waals surface area contributed by atoms with Gasteiger partial charge in [-0.15, -0.1) is 13.2 Å². The minimum Gasteiger partial charge on any atom is -0.423 e. The van der Waals surface area contributed by atoms with Crippen molar-refractivity contribution in [2.45, 2.75) is 24.8 Å². The highest BCUT2D eigenvalue weighted by molar-refractivity contribution is 5.74. The first-order valence-electron chi connectivity index (χ1n) is 8.62. The number of hydrogen-bond donors (Lipinski definition) is 1. The summed E-state index contributed by atoms with van der Waals surface area (Å²) in [4.78, 5) is 6.07. The van der Waals surface area contributed by atoms with E-state index in [1.165, 1.54) is 36.4 Å². The lowest BCUT2D eigenvalue weighted by molar-refractivity contribution is -0.274. The van der Waals surface area contributed by atoms with E-state index in [2.05, 4.69) is 9.72 Å². The Morgan fingerprint density at radius 3 is 2.57 bits per heavy atom. The Morgan fingerprint density at radius 2 is 1.86 bits per heavy atom. The van der Waals surface area contributed by atoms with Gasteiger partial charge in [0.2, 0.25) is 0 Å². The molecule has 3 aromatic rings. The zero-order valence-corrected chi connectivity index (χ0v) is 14.5. The van der Waals surface area contributed by atoms with Gasteiger partial charge in [-0.05, 0) is 42.7 Å². The molecule has 0 bridgehead atoms. The maximum Gasteiger partial charge on any atom is 0.573 e. The van der Waals surface area contributed by atoms with Crippen LogP contribution in [0.5, 0.6) is 5.75 Å². The van der Waals surface area contributed by atoms with Crippen LogP contribution in [0.3, 0.4) is 0 Å². The molecule has 0 spiro atoms. The molecule has 1 aliphatic heterocycles. The van der Waals surface area contributed by atoms with Gasteiger partial charge in [-0.1, -0.05) is 12.1 Å². The van der Waals surface area contributed by atoms with Gasteiger partial charge in [-0.25, -0.2) is 4.39 Å². The highest BCUT2D eigenvalue weighted by atomic mass is 19.4. The lowest BCUT2D eigenvalue weighted by Crippen LogP contribution is -2.42. The predicted molar refractivity (Wildman–Crippen MR) is 92.4 cm³/mol. The molecule has 5 nitrogen and oxygen atoms in total. The molecule has 1 aromatic heterocycles. The van der Waals surface area contributed by atoms with Crippen LogP contribution >= 0.6 is 0 Å². The Balaban J connectivity index is 1.50. The number of benzene rings is 2. The van der Waals surface area contributed by atoms with Crippen LogP contribution in [0.2, 0.25) is 0 Å². The molecule has 0 atom stereocenters. The average Bonchev–Trinajstić information content (AvgIpc) is 3.04. The number of anilines is 1. The van der Waals surface area contributed by atoms with E-state index in [9.17, 15) is 22.7 Å². The normalized spacial score (nSPS) is 17.1. The van der Waals surface area contributed by atoms with Crippen LogP contribution in [0, 0.1) is 5.82 Å². The zero-order chi connectivity index (χ0) is 19.9. The molecular weight excluding hydrogens is 380 g/mol. The van der Waals surface area contributed by atoms with E-state index in [-0.39, 0.29) is 18.6 Å². The van der Waals surface area contributed by atoms with Gasteiger partial charge in [-0.2, -0.15) is 4.98 Å². The highest BCUT2D eigenvalue weighted by Crippen LogP contribution is 2.37. The minimum atomic E-state index is -4.79. The number of hydrogen-bond acceptors (Lipinski definition) is 5. The van der Waals surface area contributed by atoms with Crippen molar-refractivity contribution in [3.63, 3.8) is 0 Å². The summed E-state index contributed by atoms with van der Waals surface area (Å²) in [5.41, 5.74) is -0.0878. The van der Waals surface area contributed by atoms with E-state index in [1.54, 1.807) is 6.07 Å². The third-order valence-corrected chi connectivity index (χ3v) is 4.80. The van der Waals surface area contributed by atoms with Gasteiger partial charge in [0, 0.05) is 19.2 Å². The quantitative estimate of drug-likeness (QED) is 0.667. The average molecular weight is 396 g/mol. The fourth-order valence-electron chi connectivity index (χ4n) is 3.36. The van der Waals surface area contributed by atoms with Crippen molar-refractivity contribution in [2.24, 2.45) is 0 Å². The molecule has 0 unspecified atom stereocenters. The molecule has 0 amide bonds. The lowest BCUT2D eigenvalue weighted by Gasteiger charge is -2.38. The largest absolute Gasteiger partial charge is 0.573 e. The van der Waals surface area contributed by atoms with Crippen molar-refractivity contribution in [1.82, 2.24) is 4.98 Å². The van der Waals surface area contributed by atoms with Crippen LogP contribution in [0.15, 0.2) is 46.9 Å². The summed E-state index contributed by atoms with van der Waals surface area (Å²) in [6.45, 7) is 0.742. The zero-order valence-electron chi connectivity index (χ0n) is 14.5. The number of piperidine rings is 1. The molecule has 9 heteroatoms. The van der Waals surface area contributed by atoms with Crippen LogP contribution in [-0.4, -0.2) is 29.5 Å². The van der Waals surface area contributed by atoms with Gasteiger partial charge in [-0.3, -0.25) is 0 Å². The van der Waals surface area contributed by atoms with Crippen molar-refractivity contribution in [1.29, 1.82) is 0 Å². The molecule has 1 aliphatic rings. The van der Waals surface area contributed by atoms with Crippen LogP contribution in [0.4, 0.5) is 23.6 Å². The Hall–Kier alpha value is -2.81. The molecule has 148 valence electrons. The smallest absolute Gasteiger partial charge is 0.423 e. The molecule has 0 radical (unpaired) electrons. The van der Waals surface area contributed by atoms with E-state index < -0.39 is 17.8 Å². The molecule has 1 fully saturated rings. The fraction of sp³-hybridized carbons (Fsp3) is 0.316. The van der Waals surface area contributed by atoms with Crippen LogP contribution in [0.1, 0.15) is 18.4 Å². The number of aliphatic hydroxyl groups is 1. The first-order valence-corrected chi connectivity index (χ1v) is 8.62. The van der Waals surface area contributed by atoms with Crippen LogP contribution in [-0.2, 0) is 5.60 Å². The summed E-state index contributed by atoms with van der Waals surface area (Å²) in [6, 6.07) is 9.73. The Labute approximate surface area is 157 Å². The van der Waals surface area contributed by atoms with Gasteiger partial charge in [0.15, 0.2) is 5.58 Å². The van der Waals surface area contributed by atoms with E-state index in [0.29, 0.717) is 35.8 Å². The number of oxazole rings is 1. The maximum atomic E-state index is 13.3. The van der Waals surface area contributed by atoms with Crippen molar-refractivity contribution < 1.29 is 31.8 Å². The number of alkyl halides is 3. The number of fused-ring (bicyclic) bond motifs is 1. The third-order valence-electron chi connectivity index (χ3n) is 4.80. The van der Waals surface area contributed by atoms with Gasteiger partial charge < -0.3 is 19.2 Å². The van der Waals surface area contributed by atoms with Gasteiger partial charge in [0.1, 0.15) is 17.1 Å². The number of aromatic nitrogens is 1. The summed E-state index contributed by atoms with van der Waals surface area (Å²) in [5, 5.41) is 10.9. The summed E-state index contributed by atoms with van der Waals surface area (Å²) in [5.74, 6) is -0.789. The Kier molecular flexibility index (Phi) is 4.41. The summed E-state index contributed by atoms with van der Waals surface area (Å²) in [6.07, 6.45) is -4.28. The lowest BCUT2D eigenvalue weighted by atomic mass is 9.84. The summed E-state index contributed by atoms with van der Waals surface area (Å²) in [7, 11) is 0. The fourth-order valence-corrected chi connectivity index (χ4v) is 3.36. The number of nitrogens with zero attached hydrogens (tertiary/aromatic N) is 2. The van der Waals surface area contributed by atoms with E-state index in [4.69, 9.17) is 4.42 Å². The second kappa shape index (κ2) is 6.66. The van der Waals surface area contributed by atoms with Gasteiger partial charge in [0.25, 0.3) is 6.01 Å². The first-order chi connectivity index (χ1) is 13.2. The SMILES string of the molecule is OC1(c2cccc(OC(F)(F)F)c2)CCN(c2nc3cc(F)ccc3o2)CC1. The number of ether oxygens (including phenoxy) is 1. The third kappa shape index (κ3) is 3.75.